The molecule has 4 aromatic heterocycles. The van der Waals surface area contributed by atoms with Gasteiger partial charge in [0, 0.05) is 18.2 Å². The van der Waals surface area contributed by atoms with Crippen LogP contribution in [-0.2, 0) is 11.3 Å². The number of fused-ring (bicyclic) bond motifs is 1. The second kappa shape index (κ2) is 6.18. The molecule has 7 heteroatoms. The second-order valence-corrected chi connectivity index (χ2v) is 6.51. The Balaban J connectivity index is 1.65. The molecule has 0 aromatic carbocycles. The van der Waals surface area contributed by atoms with E-state index in [1.165, 1.54) is 4.88 Å². The number of nitrogens with zero attached hydrogens (tertiary/aromatic N) is 5. The van der Waals surface area contributed by atoms with Crippen molar-refractivity contribution in [3.63, 3.8) is 0 Å². The van der Waals surface area contributed by atoms with Gasteiger partial charge in [0.25, 0.3) is 0 Å². The highest BCUT2D eigenvalue weighted by Crippen LogP contribution is 2.25. The molecule has 0 N–H and O–H groups in total. The van der Waals surface area contributed by atoms with E-state index in [4.69, 9.17) is 4.74 Å². The quantitative estimate of drug-likeness (QED) is 0.559. The van der Waals surface area contributed by atoms with Crippen molar-refractivity contribution in [3.05, 3.63) is 58.8 Å². The molecule has 0 radical (unpaired) electrons. The van der Waals surface area contributed by atoms with Gasteiger partial charge in [-0.1, -0.05) is 17.3 Å². The Hall–Kier alpha value is -2.51. The molecule has 6 nitrogen and oxygen atoms in total. The lowest BCUT2D eigenvalue weighted by Gasteiger charge is -2.12. The fourth-order valence-corrected chi connectivity index (χ4v) is 3.59. The Labute approximate surface area is 143 Å². The van der Waals surface area contributed by atoms with Crippen molar-refractivity contribution in [1.29, 1.82) is 0 Å². The molecule has 24 heavy (non-hydrogen) atoms. The van der Waals surface area contributed by atoms with Gasteiger partial charge < -0.3 is 9.14 Å². The molecule has 0 fully saturated rings. The fourth-order valence-electron chi connectivity index (χ4n) is 2.80. The molecule has 4 aromatic rings. The zero-order valence-corrected chi connectivity index (χ0v) is 14.3. The van der Waals surface area contributed by atoms with Crippen LogP contribution in [0.2, 0.25) is 0 Å². The summed E-state index contributed by atoms with van der Waals surface area (Å²) in [5.41, 5.74) is 2.65. The number of aromatic nitrogens is 5. The van der Waals surface area contributed by atoms with Crippen LogP contribution in [0.3, 0.4) is 0 Å². The van der Waals surface area contributed by atoms with E-state index in [1.807, 2.05) is 53.6 Å². The average molecular weight is 339 g/mol. The van der Waals surface area contributed by atoms with E-state index in [0.29, 0.717) is 6.54 Å². The molecular weight excluding hydrogens is 322 g/mol. The molecule has 0 spiro atoms. The zero-order valence-electron chi connectivity index (χ0n) is 13.5. The first-order chi connectivity index (χ1) is 11.8. The minimum absolute atomic E-state index is 0.0278. The van der Waals surface area contributed by atoms with E-state index in [9.17, 15) is 0 Å². The number of hydrogen-bond donors (Lipinski definition) is 0. The van der Waals surface area contributed by atoms with Gasteiger partial charge in [0.05, 0.1) is 18.3 Å². The zero-order chi connectivity index (χ0) is 16.5. The first kappa shape index (κ1) is 15.0. The molecule has 0 bridgehead atoms. The standard InChI is InChI=1S/C17H17N5OS/c1-12-18-17(14-6-3-4-8-22(12)14)13-10-21(20-19-13)11-15(23-2)16-7-5-9-24-16/h3-10,15H,11H2,1-2H3. The largest absolute Gasteiger partial charge is 0.374 e. The van der Waals surface area contributed by atoms with Crippen molar-refractivity contribution in [2.75, 3.05) is 7.11 Å². The van der Waals surface area contributed by atoms with Gasteiger partial charge in [0.15, 0.2) is 0 Å². The molecular formula is C17H17N5OS. The lowest BCUT2D eigenvalue weighted by molar-refractivity contribution is 0.0869. The number of rotatable bonds is 5. The number of hydrogen-bond acceptors (Lipinski definition) is 5. The Morgan fingerprint density at radius 3 is 2.96 bits per heavy atom. The van der Waals surface area contributed by atoms with E-state index in [0.717, 1.165) is 22.7 Å². The summed E-state index contributed by atoms with van der Waals surface area (Å²) < 4.78 is 9.46. The molecule has 4 rings (SSSR count). The van der Waals surface area contributed by atoms with Gasteiger partial charge in [0.2, 0.25) is 0 Å². The second-order valence-electron chi connectivity index (χ2n) is 5.53. The van der Waals surface area contributed by atoms with Crippen LogP contribution in [-0.4, -0.2) is 31.5 Å². The Bertz CT molecular complexity index is 957. The topological polar surface area (TPSA) is 57.2 Å². The average Bonchev–Trinajstić information content (AvgIpc) is 3.33. The lowest BCUT2D eigenvalue weighted by atomic mass is 10.2. The van der Waals surface area contributed by atoms with E-state index in [2.05, 4.69) is 25.8 Å². The summed E-state index contributed by atoms with van der Waals surface area (Å²) in [6.45, 7) is 2.60. The van der Waals surface area contributed by atoms with Crippen molar-refractivity contribution in [3.8, 4) is 11.4 Å². The highest BCUT2D eigenvalue weighted by molar-refractivity contribution is 7.10. The van der Waals surface area contributed by atoms with Gasteiger partial charge in [-0.2, -0.15) is 0 Å². The minimum atomic E-state index is -0.0278. The maximum absolute atomic E-state index is 5.59. The summed E-state index contributed by atoms with van der Waals surface area (Å²) in [5, 5.41) is 10.6. The molecule has 0 amide bonds. The van der Waals surface area contributed by atoms with Gasteiger partial charge in [-0.25, -0.2) is 9.67 Å². The highest BCUT2D eigenvalue weighted by atomic mass is 32.1. The molecule has 0 aliphatic carbocycles. The summed E-state index contributed by atoms with van der Waals surface area (Å²) in [7, 11) is 1.72. The Kier molecular flexibility index (Phi) is 3.87. The summed E-state index contributed by atoms with van der Waals surface area (Å²) in [6.07, 6.45) is 3.90. The molecule has 0 saturated heterocycles. The number of aryl methyl sites for hydroxylation is 1. The number of imidazole rings is 1. The molecule has 1 atom stereocenters. The van der Waals surface area contributed by atoms with Gasteiger partial charge in [-0.05, 0) is 30.5 Å². The van der Waals surface area contributed by atoms with Crippen LogP contribution < -0.4 is 0 Å². The fraction of sp³-hybridized carbons (Fsp3) is 0.235. The SMILES string of the molecule is COC(Cn1cc(-c2nc(C)n3ccccc23)nn1)c1cccs1. The molecule has 0 aliphatic heterocycles. The van der Waals surface area contributed by atoms with Crippen LogP contribution in [0.25, 0.3) is 16.9 Å². The van der Waals surface area contributed by atoms with Crippen molar-refractivity contribution in [2.24, 2.45) is 0 Å². The number of methoxy groups -OCH3 is 1. The molecule has 122 valence electrons. The summed E-state index contributed by atoms with van der Waals surface area (Å²) in [6, 6.07) is 10.1. The first-order valence-electron chi connectivity index (χ1n) is 7.66. The van der Waals surface area contributed by atoms with Crippen LogP contribution in [0.15, 0.2) is 48.1 Å². The van der Waals surface area contributed by atoms with Gasteiger partial charge in [0.1, 0.15) is 23.3 Å². The smallest absolute Gasteiger partial charge is 0.133 e. The molecule has 4 heterocycles. The van der Waals surface area contributed by atoms with Crippen molar-refractivity contribution < 1.29 is 4.74 Å². The van der Waals surface area contributed by atoms with E-state index < -0.39 is 0 Å². The van der Waals surface area contributed by atoms with Crippen LogP contribution in [0.5, 0.6) is 0 Å². The predicted octanol–water partition coefficient (Wildman–Crippen LogP) is 3.35. The van der Waals surface area contributed by atoms with Crippen LogP contribution in [0, 0.1) is 6.92 Å². The van der Waals surface area contributed by atoms with Crippen LogP contribution in [0.1, 0.15) is 16.8 Å². The minimum Gasteiger partial charge on any atom is -0.374 e. The van der Waals surface area contributed by atoms with Gasteiger partial charge in [-0.3, -0.25) is 0 Å². The van der Waals surface area contributed by atoms with Crippen LogP contribution >= 0.6 is 11.3 Å². The normalized spacial score (nSPS) is 12.8. The predicted molar refractivity (Wildman–Crippen MR) is 93.0 cm³/mol. The van der Waals surface area contributed by atoms with Gasteiger partial charge >= 0.3 is 0 Å². The lowest BCUT2D eigenvalue weighted by Crippen LogP contribution is -2.10. The third-order valence-electron chi connectivity index (χ3n) is 4.00. The Morgan fingerprint density at radius 1 is 1.25 bits per heavy atom. The summed E-state index contributed by atoms with van der Waals surface area (Å²) in [5.74, 6) is 0.934. The maximum Gasteiger partial charge on any atom is 0.133 e. The van der Waals surface area contributed by atoms with Crippen molar-refractivity contribution in [1.82, 2.24) is 24.4 Å². The van der Waals surface area contributed by atoms with E-state index in [1.54, 1.807) is 18.4 Å². The van der Waals surface area contributed by atoms with E-state index >= 15 is 0 Å². The summed E-state index contributed by atoms with van der Waals surface area (Å²) >= 11 is 1.68. The van der Waals surface area contributed by atoms with Gasteiger partial charge in [-0.15, -0.1) is 16.4 Å². The third kappa shape index (κ3) is 2.61. The third-order valence-corrected chi connectivity index (χ3v) is 4.97. The first-order valence-corrected chi connectivity index (χ1v) is 8.54. The van der Waals surface area contributed by atoms with Crippen LogP contribution in [0.4, 0.5) is 0 Å². The highest BCUT2D eigenvalue weighted by Gasteiger charge is 2.16. The monoisotopic (exact) mass is 339 g/mol. The maximum atomic E-state index is 5.59. The number of pyridine rings is 1. The number of thiophene rings is 1. The van der Waals surface area contributed by atoms with E-state index in [-0.39, 0.29) is 6.10 Å². The molecule has 1 unspecified atom stereocenters. The summed E-state index contributed by atoms with van der Waals surface area (Å²) in [4.78, 5) is 5.82. The molecule has 0 aliphatic rings. The molecule has 0 saturated carbocycles. The Morgan fingerprint density at radius 2 is 2.17 bits per heavy atom. The van der Waals surface area contributed by atoms with Crippen molar-refractivity contribution >= 4 is 16.9 Å². The number of ether oxygens (including phenoxy) is 1. The van der Waals surface area contributed by atoms with Crippen molar-refractivity contribution in [2.45, 2.75) is 19.6 Å².